The smallest absolute Gasteiger partial charge is 0.270 e. The molecule has 1 saturated heterocycles. The van der Waals surface area contributed by atoms with Crippen molar-refractivity contribution in [2.75, 3.05) is 11.5 Å². The van der Waals surface area contributed by atoms with E-state index in [1.165, 1.54) is 11.0 Å². The van der Waals surface area contributed by atoms with Crippen LogP contribution < -0.4 is 19.7 Å². The molecule has 0 atom stereocenters. The summed E-state index contributed by atoms with van der Waals surface area (Å²) in [7, 11) is 0. The number of ether oxygens (including phenoxy) is 2. The molecule has 0 aliphatic carbocycles. The molecule has 0 bridgehead atoms. The molecule has 206 valence electrons. The van der Waals surface area contributed by atoms with Gasteiger partial charge >= 0.3 is 0 Å². The molecule has 2 amide bonds. The number of benzene rings is 3. The van der Waals surface area contributed by atoms with Crippen molar-refractivity contribution in [3.05, 3.63) is 105 Å². The number of hydrogen-bond acceptors (Lipinski definition) is 5. The minimum atomic E-state index is -0.570. The van der Waals surface area contributed by atoms with Gasteiger partial charge in [0.15, 0.2) is 16.6 Å². The van der Waals surface area contributed by atoms with Gasteiger partial charge in [0.2, 0.25) is 0 Å². The molecule has 3 aromatic rings. The van der Waals surface area contributed by atoms with Gasteiger partial charge in [-0.3, -0.25) is 19.8 Å². The first-order chi connectivity index (χ1) is 19.2. The SMILES string of the molecule is C=CCc1cc(/C=C2\C(=O)NC(=S)N(c3ccc(CC)cc3)C2=O)cc(OCC)c1OCc1ccc(Cl)c(Cl)c1. The third-order valence-corrected chi connectivity index (χ3v) is 7.22. The standard InChI is InChI=1S/C31H28Cl2N2O4S/c1-4-7-22-14-21(17-27(38-6-3)28(22)39-18-20-10-13-25(32)26(33)16-20)15-24-29(36)34-31(40)35(30(24)37)23-11-8-19(5-2)9-12-23/h4,8-17H,1,5-7,18H2,2-3H3,(H,34,36,40)/b24-15+. The van der Waals surface area contributed by atoms with Crippen LogP contribution in [0.5, 0.6) is 11.5 Å². The van der Waals surface area contributed by atoms with Crippen LogP contribution in [0.2, 0.25) is 10.0 Å². The third-order valence-electron chi connectivity index (χ3n) is 6.20. The molecule has 4 rings (SSSR count). The first kappa shape index (κ1) is 29.3. The molecule has 9 heteroatoms. The minimum Gasteiger partial charge on any atom is -0.490 e. The Morgan fingerprint density at radius 1 is 0.975 bits per heavy atom. The van der Waals surface area contributed by atoms with Gasteiger partial charge < -0.3 is 9.47 Å². The molecule has 0 unspecified atom stereocenters. The number of thiocarbonyl (C=S) groups is 1. The van der Waals surface area contributed by atoms with Crippen LogP contribution >= 0.6 is 35.4 Å². The maximum atomic E-state index is 13.5. The van der Waals surface area contributed by atoms with Gasteiger partial charge in [-0.15, -0.1) is 6.58 Å². The molecular formula is C31H28Cl2N2O4S. The summed E-state index contributed by atoms with van der Waals surface area (Å²) in [5, 5.41) is 3.56. The number of carbonyl (C=O) groups is 2. The highest BCUT2D eigenvalue weighted by Gasteiger charge is 2.34. The fourth-order valence-corrected chi connectivity index (χ4v) is 4.83. The number of nitrogens with zero attached hydrogens (tertiary/aromatic N) is 1. The summed E-state index contributed by atoms with van der Waals surface area (Å²) in [6, 6.07) is 16.4. The van der Waals surface area contributed by atoms with Crippen LogP contribution in [0.3, 0.4) is 0 Å². The van der Waals surface area contributed by atoms with E-state index < -0.39 is 11.8 Å². The number of carbonyl (C=O) groups excluding carboxylic acids is 2. The Balaban J connectivity index is 1.70. The van der Waals surface area contributed by atoms with Crippen LogP contribution in [0, 0.1) is 0 Å². The van der Waals surface area contributed by atoms with E-state index in [0.717, 1.165) is 23.1 Å². The fourth-order valence-electron chi connectivity index (χ4n) is 4.22. The minimum absolute atomic E-state index is 0.0322. The van der Waals surface area contributed by atoms with Crippen LogP contribution in [0.1, 0.15) is 36.1 Å². The zero-order valence-electron chi connectivity index (χ0n) is 22.1. The Morgan fingerprint density at radius 3 is 2.35 bits per heavy atom. The number of amides is 2. The summed E-state index contributed by atoms with van der Waals surface area (Å²) in [5.74, 6) is -0.0750. The topological polar surface area (TPSA) is 67.9 Å². The van der Waals surface area contributed by atoms with Crippen LogP contribution in [-0.2, 0) is 29.0 Å². The molecule has 6 nitrogen and oxygen atoms in total. The largest absolute Gasteiger partial charge is 0.490 e. The van der Waals surface area contributed by atoms with Gasteiger partial charge in [0.05, 0.1) is 22.3 Å². The molecule has 0 radical (unpaired) electrons. The number of allylic oxidation sites excluding steroid dienone is 1. The van der Waals surface area contributed by atoms with Crippen molar-refractivity contribution in [3.63, 3.8) is 0 Å². The van der Waals surface area contributed by atoms with Gasteiger partial charge in [-0.2, -0.15) is 0 Å². The van der Waals surface area contributed by atoms with Gasteiger partial charge in [-0.05, 0) is 91.1 Å². The second-order valence-electron chi connectivity index (χ2n) is 8.95. The Kier molecular flexibility index (Phi) is 9.63. The quantitative estimate of drug-likeness (QED) is 0.117. The number of anilines is 1. The highest BCUT2D eigenvalue weighted by Crippen LogP contribution is 2.36. The lowest BCUT2D eigenvalue weighted by atomic mass is 10.0. The highest BCUT2D eigenvalue weighted by molar-refractivity contribution is 7.80. The van der Waals surface area contributed by atoms with Crippen molar-refractivity contribution < 1.29 is 19.1 Å². The predicted molar refractivity (Wildman–Crippen MR) is 164 cm³/mol. The van der Waals surface area contributed by atoms with E-state index in [1.54, 1.807) is 24.3 Å². The Hall–Kier alpha value is -3.65. The van der Waals surface area contributed by atoms with E-state index in [0.29, 0.717) is 45.8 Å². The molecule has 0 spiro atoms. The number of hydrogen-bond donors (Lipinski definition) is 1. The molecule has 1 aliphatic heterocycles. The first-order valence-electron chi connectivity index (χ1n) is 12.7. The summed E-state index contributed by atoms with van der Waals surface area (Å²) in [4.78, 5) is 27.7. The highest BCUT2D eigenvalue weighted by atomic mass is 35.5. The summed E-state index contributed by atoms with van der Waals surface area (Å²) in [5.41, 5.74) is 3.85. The van der Waals surface area contributed by atoms with Gasteiger partial charge in [-0.25, -0.2) is 0 Å². The molecule has 0 saturated carbocycles. The summed E-state index contributed by atoms with van der Waals surface area (Å²) in [6.45, 7) is 8.38. The lowest BCUT2D eigenvalue weighted by Crippen LogP contribution is -2.54. The van der Waals surface area contributed by atoms with Gasteiger partial charge in [-0.1, -0.05) is 54.4 Å². The molecule has 0 aromatic heterocycles. The molecular weight excluding hydrogens is 567 g/mol. The normalized spacial score (nSPS) is 14.3. The number of halogens is 2. The van der Waals surface area contributed by atoms with Crippen LogP contribution in [0.25, 0.3) is 6.08 Å². The van der Waals surface area contributed by atoms with Crippen LogP contribution in [0.4, 0.5) is 5.69 Å². The van der Waals surface area contributed by atoms with Gasteiger partial charge in [0.1, 0.15) is 12.2 Å². The molecule has 1 fully saturated rings. The van der Waals surface area contributed by atoms with Crippen molar-refractivity contribution in [2.24, 2.45) is 0 Å². The van der Waals surface area contributed by atoms with Crippen molar-refractivity contribution in [1.82, 2.24) is 5.32 Å². The zero-order chi connectivity index (χ0) is 28.8. The van der Waals surface area contributed by atoms with Crippen molar-refractivity contribution in [3.8, 4) is 11.5 Å². The second-order valence-corrected chi connectivity index (χ2v) is 10.1. The Bertz CT molecular complexity index is 1500. The van der Waals surface area contributed by atoms with Crippen LogP contribution in [0.15, 0.2) is 72.8 Å². The van der Waals surface area contributed by atoms with Crippen molar-refractivity contribution in [2.45, 2.75) is 33.3 Å². The lowest BCUT2D eigenvalue weighted by Gasteiger charge is -2.29. The van der Waals surface area contributed by atoms with E-state index in [1.807, 2.05) is 50.2 Å². The molecule has 3 aromatic carbocycles. The lowest BCUT2D eigenvalue weighted by molar-refractivity contribution is -0.122. The Labute approximate surface area is 249 Å². The number of aryl methyl sites for hydroxylation is 1. The summed E-state index contributed by atoms with van der Waals surface area (Å²) in [6.07, 6.45) is 4.61. The average Bonchev–Trinajstić information content (AvgIpc) is 2.93. The number of nitrogens with one attached hydrogen (secondary N) is 1. The maximum absolute atomic E-state index is 13.5. The third kappa shape index (κ3) is 6.55. The van der Waals surface area contributed by atoms with E-state index in [4.69, 9.17) is 44.9 Å². The van der Waals surface area contributed by atoms with Crippen molar-refractivity contribution in [1.29, 1.82) is 0 Å². The predicted octanol–water partition coefficient (Wildman–Crippen LogP) is 7.09. The monoisotopic (exact) mass is 594 g/mol. The van der Waals surface area contributed by atoms with E-state index >= 15 is 0 Å². The molecule has 1 aliphatic rings. The van der Waals surface area contributed by atoms with Crippen molar-refractivity contribution >= 4 is 64.1 Å². The Morgan fingerprint density at radius 2 is 1.70 bits per heavy atom. The van der Waals surface area contributed by atoms with E-state index in [-0.39, 0.29) is 17.3 Å². The average molecular weight is 596 g/mol. The molecule has 1 N–H and O–H groups in total. The molecule has 40 heavy (non-hydrogen) atoms. The zero-order valence-corrected chi connectivity index (χ0v) is 24.5. The van der Waals surface area contributed by atoms with E-state index in [9.17, 15) is 9.59 Å². The van der Waals surface area contributed by atoms with Gasteiger partial charge in [0, 0.05) is 5.56 Å². The fraction of sp³-hybridized carbons (Fsp3) is 0.194. The summed E-state index contributed by atoms with van der Waals surface area (Å²) >= 11 is 17.5. The van der Waals surface area contributed by atoms with E-state index in [2.05, 4.69) is 11.9 Å². The second kappa shape index (κ2) is 13.1. The van der Waals surface area contributed by atoms with Gasteiger partial charge in [0.25, 0.3) is 11.8 Å². The molecule has 1 heterocycles. The number of rotatable bonds is 10. The van der Waals surface area contributed by atoms with Crippen LogP contribution in [-0.4, -0.2) is 23.5 Å². The summed E-state index contributed by atoms with van der Waals surface area (Å²) < 4.78 is 12.1. The first-order valence-corrected chi connectivity index (χ1v) is 13.9. The maximum Gasteiger partial charge on any atom is 0.270 e.